The van der Waals surface area contributed by atoms with Gasteiger partial charge in [-0.1, -0.05) is 128 Å². The second-order valence-corrected chi connectivity index (χ2v) is 12.1. The van der Waals surface area contributed by atoms with Crippen LogP contribution in [0.15, 0.2) is 24.8 Å². The molecule has 4 rings (SSSR count). The smallest absolute Gasteiger partial charge is 0.870 e. The summed E-state index contributed by atoms with van der Waals surface area (Å²) in [5.41, 5.74) is 6.47. The molecule has 0 spiro atoms. The zero-order valence-corrected chi connectivity index (χ0v) is 33.2. The molecule has 2 aromatic heterocycles. The Morgan fingerprint density at radius 1 is 0.468 bits per heavy atom. The Morgan fingerprint density at radius 3 is 1.09 bits per heavy atom. The molecule has 20 heteroatoms. The van der Waals surface area contributed by atoms with Crippen molar-refractivity contribution in [3.63, 3.8) is 0 Å². The predicted octanol–water partition coefficient (Wildman–Crippen LogP) is 11.2. The molecule has 0 saturated heterocycles. The predicted molar refractivity (Wildman–Crippen MR) is 191 cm³/mol. The first kappa shape index (κ1) is 45.6. The summed E-state index contributed by atoms with van der Waals surface area (Å²) in [4.78, 5) is 20.2. The summed E-state index contributed by atoms with van der Waals surface area (Å²) in [5, 5.41) is 1.54. The molecule has 0 radical (unpaired) electrons. The van der Waals surface area contributed by atoms with Crippen molar-refractivity contribution in [2.45, 2.75) is 6.42 Å². The summed E-state index contributed by atoms with van der Waals surface area (Å²) >= 11 is 64.6. The maximum Gasteiger partial charge on any atom is 1.00 e. The largest absolute Gasteiger partial charge is 1.00 e. The Labute approximate surface area is 346 Å². The van der Waals surface area contributed by atoms with Crippen LogP contribution in [-0.2, 0) is 6.42 Å². The van der Waals surface area contributed by atoms with Crippen LogP contribution >= 0.6 is 128 Å². The van der Waals surface area contributed by atoms with Gasteiger partial charge in [0, 0.05) is 36.2 Å². The minimum atomic E-state index is -0.0685. The van der Waals surface area contributed by atoms with Crippen LogP contribution in [0.1, 0.15) is 11.1 Å². The molecule has 0 fully saturated rings. The summed E-state index contributed by atoms with van der Waals surface area (Å²) in [7, 11) is 0. The fourth-order valence-electron chi connectivity index (χ4n) is 3.06. The molecule has 8 nitrogen and oxygen atoms in total. The van der Waals surface area contributed by atoms with Gasteiger partial charge in [-0.25, -0.2) is 19.4 Å². The molecule has 0 aliphatic rings. The van der Waals surface area contributed by atoms with Crippen molar-refractivity contribution in [1.82, 2.24) is 9.97 Å². The molecular formula is C27H9Cl11N7NaO. The molecule has 0 amide bonds. The molecular weight excluding hydrogens is 851 g/mol. The number of hydrogen-bond acceptors (Lipinski definition) is 4. The fraction of sp³-hybridized carbons (Fsp3) is 0.0370. The van der Waals surface area contributed by atoms with Gasteiger partial charge in [-0.3, -0.25) is 9.97 Å². The first-order chi connectivity index (χ1) is 21.2. The zero-order chi connectivity index (χ0) is 34.2. The fourth-order valence-corrected chi connectivity index (χ4v) is 5.68. The number of halogens is 11. The number of nitrogen functional groups attached to an aromatic ring is 1. The van der Waals surface area contributed by atoms with E-state index < -0.39 is 0 Å². The summed E-state index contributed by atoms with van der Waals surface area (Å²) in [5.74, 6) is 0. The quantitative estimate of drug-likeness (QED) is 0.0939. The number of nitrogens with zero attached hydrogens (tertiary/aromatic N) is 6. The Morgan fingerprint density at radius 2 is 0.766 bits per heavy atom. The molecule has 0 saturated carbocycles. The van der Waals surface area contributed by atoms with Gasteiger partial charge in [-0.15, -0.1) is 0 Å². The van der Waals surface area contributed by atoms with Gasteiger partial charge in [0.15, 0.2) is 0 Å². The molecule has 2 aromatic carbocycles. The van der Waals surface area contributed by atoms with Crippen molar-refractivity contribution in [3.05, 3.63) is 137 Å². The second kappa shape index (κ2) is 21.0. The van der Waals surface area contributed by atoms with Gasteiger partial charge < -0.3 is 11.2 Å². The summed E-state index contributed by atoms with van der Waals surface area (Å²) in [6.45, 7) is 28.0. The third-order valence-corrected chi connectivity index (χ3v) is 9.55. The molecule has 0 aliphatic heterocycles. The van der Waals surface area contributed by atoms with E-state index >= 15 is 0 Å². The van der Waals surface area contributed by atoms with E-state index in [2.05, 4.69) is 29.3 Å². The Hall–Kier alpha value is -1.35. The third-order valence-electron chi connectivity index (χ3n) is 5.22. The average molecular weight is 860 g/mol. The van der Waals surface area contributed by atoms with E-state index in [0.29, 0.717) is 36.9 Å². The molecule has 4 aromatic rings. The Bertz CT molecular complexity index is 1900. The maximum atomic E-state index is 7.19. The second-order valence-electron chi connectivity index (χ2n) is 7.79. The first-order valence-electron chi connectivity index (χ1n) is 11.1. The Balaban J connectivity index is 0.000000727. The van der Waals surface area contributed by atoms with Gasteiger partial charge in [-0.2, -0.15) is 0 Å². The van der Waals surface area contributed by atoms with E-state index in [4.69, 9.17) is 160 Å². The van der Waals surface area contributed by atoms with E-state index in [0.717, 1.165) is 0 Å². The van der Waals surface area contributed by atoms with Crippen LogP contribution in [0, 0.1) is 26.3 Å². The van der Waals surface area contributed by atoms with Gasteiger partial charge in [0.05, 0.1) is 82.2 Å². The molecule has 0 bridgehead atoms. The van der Waals surface area contributed by atoms with E-state index in [1.54, 1.807) is 0 Å². The normalized spacial score (nSPS) is 9.34. The number of anilines is 1. The summed E-state index contributed by atoms with van der Waals surface area (Å²) in [6.07, 6.45) is 5.94. The zero-order valence-electron chi connectivity index (χ0n) is 22.9. The number of rotatable bonds is 2. The number of pyridine rings is 2. The van der Waals surface area contributed by atoms with Crippen molar-refractivity contribution in [3.8, 4) is 0 Å². The number of aromatic nitrogens is 2. The molecule has 236 valence electrons. The maximum absolute atomic E-state index is 7.19. The molecule has 3 N–H and O–H groups in total. The number of hydrogen-bond donors (Lipinski definition) is 1. The monoisotopic (exact) mass is 855 g/mol. The van der Waals surface area contributed by atoms with Gasteiger partial charge in [0.2, 0.25) is 22.7 Å². The summed E-state index contributed by atoms with van der Waals surface area (Å²) in [6, 6.07) is 0. The van der Waals surface area contributed by atoms with Crippen LogP contribution in [0.5, 0.6) is 0 Å². The third kappa shape index (κ3) is 10.8. The van der Waals surface area contributed by atoms with E-state index in [1.807, 2.05) is 0 Å². The van der Waals surface area contributed by atoms with Crippen LogP contribution in [0.25, 0.3) is 19.4 Å². The van der Waals surface area contributed by atoms with Crippen molar-refractivity contribution in [2.24, 2.45) is 0 Å². The molecule has 0 aliphatic carbocycles. The van der Waals surface area contributed by atoms with Crippen LogP contribution < -0.4 is 35.3 Å². The summed E-state index contributed by atoms with van der Waals surface area (Å²) < 4.78 is 0. The van der Waals surface area contributed by atoms with Crippen LogP contribution in [0.4, 0.5) is 28.4 Å². The average Bonchev–Trinajstić information content (AvgIpc) is 3.02. The molecule has 0 unspecified atom stereocenters. The number of nitrogens with two attached hydrogens (primary N) is 1. The molecule has 2 heterocycles. The van der Waals surface area contributed by atoms with Crippen LogP contribution in [0.3, 0.4) is 0 Å². The van der Waals surface area contributed by atoms with Gasteiger partial charge >= 0.3 is 29.6 Å². The van der Waals surface area contributed by atoms with Crippen molar-refractivity contribution >= 4 is 156 Å². The van der Waals surface area contributed by atoms with E-state index in [-0.39, 0.29) is 99.4 Å². The van der Waals surface area contributed by atoms with Crippen LogP contribution in [-0.4, -0.2) is 15.4 Å². The molecule has 47 heavy (non-hydrogen) atoms. The first-order valence-corrected chi connectivity index (χ1v) is 15.2. The van der Waals surface area contributed by atoms with E-state index in [9.17, 15) is 0 Å². The van der Waals surface area contributed by atoms with Crippen molar-refractivity contribution < 1.29 is 35.0 Å². The van der Waals surface area contributed by atoms with Crippen molar-refractivity contribution in [1.29, 1.82) is 0 Å². The standard InChI is InChI=1S/C14H4Cl5N3.C8Cl4N2.C5H4Cl2N2.Na.H2O/c1-20-13-11(18)7(10(17)12(19)14(13)21-2)3-6-8(15)4-22-5-9(6)16;1-13-7-5(11)3(9)4(10)6(12)8(7)14-2;6-3-1-9-2-4(7)5(3)8;;/h4-5H,3H2;;1-2H,(H2,8,9);;1H2/q;;;+1;/p-1. The topological polar surface area (TPSA) is 99.2 Å². The SMILES string of the molecule is Nc1c(Cl)cncc1Cl.[C-]#[N+]c1c(Cl)c(Cl)c(Cc2c(Cl)cncc2Cl)c(Cl)c1[N+]#[C-].[C-]#[N+]c1c(Cl)c(Cl)c(Cl)c(Cl)c1[N+]#[C-].[Na+].[OH-]. The van der Waals surface area contributed by atoms with E-state index in [1.165, 1.54) is 24.8 Å². The number of benzene rings is 2. The minimum Gasteiger partial charge on any atom is -0.870 e. The van der Waals surface area contributed by atoms with Gasteiger partial charge in [0.1, 0.15) is 0 Å². The minimum absolute atomic E-state index is 0. The van der Waals surface area contributed by atoms with Gasteiger partial charge in [0.25, 0.3) is 0 Å². The van der Waals surface area contributed by atoms with Crippen LogP contribution in [0.2, 0.25) is 55.2 Å². The van der Waals surface area contributed by atoms with Gasteiger partial charge in [-0.05, 0) is 11.1 Å². The van der Waals surface area contributed by atoms with Crippen molar-refractivity contribution in [2.75, 3.05) is 5.73 Å². The molecule has 0 atom stereocenters. The Kier molecular flexibility index (Phi) is 20.4.